The van der Waals surface area contributed by atoms with Crippen LogP contribution in [0.15, 0.2) is 36.4 Å². The van der Waals surface area contributed by atoms with Crippen LogP contribution in [0.5, 0.6) is 5.75 Å². The molecule has 0 unspecified atom stereocenters. The average Bonchev–Trinajstić information content (AvgIpc) is 2.61. The molecule has 0 heterocycles. The zero-order valence-electron chi connectivity index (χ0n) is 13.3. The number of nitro benzene ring substituents is 1. The first kappa shape index (κ1) is 19.1. The molecule has 0 aromatic heterocycles. The number of esters is 1. The molecule has 2 aromatic rings. The maximum atomic E-state index is 13.0. The molecule has 8 nitrogen and oxygen atoms in total. The number of nitrogens with zero attached hydrogens (tertiary/aromatic N) is 1. The minimum absolute atomic E-state index is 0.00763. The normalized spacial score (nSPS) is 10.1. The van der Waals surface area contributed by atoms with Gasteiger partial charge >= 0.3 is 11.7 Å². The van der Waals surface area contributed by atoms with Crippen molar-refractivity contribution in [2.24, 2.45) is 0 Å². The Morgan fingerprint density at radius 2 is 2.00 bits per heavy atom. The Hall–Kier alpha value is -3.20. The third-order valence-electron chi connectivity index (χ3n) is 3.14. The number of benzene rings is 2. The first-order valence-corrected chi connectivity index (χ1v) is 7.44. The van der Waals surface area contributed by atoms with E-state index >= 15 is 0 Å². The van der Waals surface area contributed by atoms with E-state index in [-0.39, 0.29) is 22.0 Å². The van der Waals surface area contributed by atoms with Crippen molar-refractivity contribution in [1.29, 1.82) is 0 Å². The van der Waals surface area contributed by atoms with Gasteiger partial charge in [-0.3, -0.25) is 14.9 Å². The highest BCUT2D eigenvalue weighted by atomic mass is 35.5. The number of ether oxygens (including phenoxy) is 2. The number of anilines is 1. The molecule has 0 aliphatic rings. The summed E-state index contributed by atoms with van der Waals surface area (Å²) in [6.07, 6.45) is 0. The third-order valence-corrected chi connectivity index (χ3v) is 3.45. The van der Waals surface area contributed by atoms with Gasteiger partial charge in [0, 0.05) is 6.07 Å². The van der Waals surface area contributed by atoms with E-state index in [0.717, 1.165) is 25.3 Å². The topological polar surface area (TPSA) is 108 Å². The standard InChI is InChI=1S/C16H12ClFN2O6/c1-25-16(22)9-2-5-14(13(6-9)20(23)24)26-8-15(21)19-12-4-3-10(18)7-11(12)17/h2-7H,8H2,1H3,(H,19,21). The van der Waals surface area contributed by atoms with E-state index in [4.69, 9.17) is 16.3 Å². The number of carbonyl (C=O) groups excluding carboxylic acids is 2. The highest BCUT2D eigenvalue weighted by molar-refractivity contribution is 6.33. The largest absolute Gasteiger partial charge is 0.477 e. The Bertz CT molecular complexity index is 874. The molecule has 1 amide bonds. The van der Waals surface area contributed by atoms with E-state index in [9.17, 15) is 24.1 Å². The van der Waals surface area contributed by atoms with Gasteiger partial charge in [0.15, 0.2) is 12.4 Å². The second-order valence-electron chi connectivity index (χ2n) is 4.89. The number of nitro groups is 1. The number of rotatable bonds is 6. The van der Waals surface area contributed by atoms with E-state index in [1.807, 2.05) is 0 Å². The van der Waals surface area contributed by atoms with E-state index in [1.165, 1.54) is 18.2 Å². The summed E-state index contributed by atoms with van der Waals surface area (Å²) in [5.74, 6) is -2.18. The predicted octanol–water partition coefficient (Wildman–Crippen LogP) is 3.19. The van der Waals surface area contributed by atoms with E-state index < -0.39 is 34.9 Å². The third kappa shape index (κ3) is 4.67. The molecule has 0 atom stereocenters. The minimum atomic E-state index is -0.753. The first-order valence-electron chi connectivity index (χ1n) is 7.06. The van der Waals surface area contributed by atoms with Crippen LogP contribution in [0, 0.1) is 15.9 Å². The fraction of sp³-hybridized carbons (Fsp3) is 0.125. The summed E-state index contributed by atoms with van der Waals surface area (Å²) < 4.78 is 22.6. The Morgan fingerprint density at radius 1 is 1.27 bits per heavy atom. The summed E-state index contributed by atoms with van der Waals surface area (Å²) in [5.41, 5.74) is -0.369. The molecule has 0 aliphatic heterocycles. The Labute approximate surface area is 151 Å². The van der Waals surface area contributed by atoms with Gasteiger partial charge in [-0.1, -0.05) is 11.6 Å². The number of hydrogen-bond acceptors (Lipinski definition) is 6. The van der Waals surface area contributed by atoms with Crippen molar-refractivity contribution >= 4 is 34.9 Å². The quantitative estimate of drug-likeness (QED) is 0.467. The van der Waals surface area contributed by atoms with Gasteiger partial charge in [-0.2, -0.15) is 0 Å². The molecule has 0 saturated heterocycles. The zero-order valence-corrected chi connectivity index (χ0v) is 14.1. The summed E-state index contributed by atoms with van der Waals surface area (Å²) in [7, 11) is 1.14. The van der Waals surface area contributed by atoms with Crippen LogP contribution < -0.4 is 10.1 Å². The van der Waals surface area contributed by atoms with Gasteiger partial charge in [-0.15, -0.1) is 0 Å². The molecule has 1 N–H and O–H groups in total. The van der Waals surface area contributed by atoms with Crippen molar-refractivity contribution in [2.45, 2.75) is 0 Å². The molecule has 0 bridgehead atoms. The lowest BCUT2D eigenvalue weighted by Gasteiger charge is -2.09. The lowest BCUT2D eigenvalue weighted by atomic mass is 10.2. The summed E-state index contributed by atoms with van der Waals surface area (Å²) in [5, 5.41) is 13.5. The number of carbonyl (C=O) groups is 2. The van der Waals surface area contributed by atoms with Gasteiger partial charge in [-0.05, 0) is 30.3 Å². The van der Waals surface area contributed by atoms with Crippen molar-refractivity contribution in [3.8, 4) is 5.75 Å². The second kappa shape index (κ2) is 8.26. The van der Waals surface area contributed by atoms with Crippen LogP contribution in [0.4, 0.5) is 15.8 Å². The van der Waals surface area contributed by atoms with Crippen LogP contribution in [0.2, 0.25) is 5.02 Å². The minimum Gasteiger partial charge on any atom is -0.477 e. The van der Waals surface area contributed by atoms with Gasteiger partial charge in [0.2, 0.25) is 0 Å². The van der Waals surface area contributed by atoms with Crippen LogP contribution in [-0.4, -0.2) is 30.5 Å². The average molecular weight is 383 g/mol. The van der Waals surface area contributed by atoms with E-state index in [2.05, 4.69) is 10.1 Å². The van der Waals surface area contributed by atoms with E-state index in [0.29, 0.717) is 0 Å². The molecule has 10 heteroatoms. The molecule has 0 spiro atoms. The molecule has 0 aliphatic carbocycles. The molecule has 2 rings (SSSR count). The Morgan fingerprint density at radius 3 is 2.62 bits per heavy atom. The molecule has 0 fully saturated rings. The summed E-state index contributed by atoms with van der Waals surface area (Å²) in [4.78, 5) is 33.7. The van der Waals surface area contributed by atoms with Crippen LogP contribution in [-0.2, 0) is 9.53 Å². The smallest absolute Gasteiger partial charge is 0.338 e. The Balaban J connectivity index is 2.09. The summed E-state index contributed by atoms with van der Waals surface area (Å²) in [6, 6.07) is 6.83. The number of halogens is 2. The lowest BCUT2D eigenvalue weighted by Crippen LogP contribution is -2.20. The number of hydrogen-bond donors (Lipinski definition) is 1. The fourth-order valence-corrected chi connectivity index (χ4v) is 2.16. The number of nitrogens with one attached hydrogen (secondary N) is 1. The molecular weight excluding hydrogens is 371 g/mol. The Kier molecular flexibility index (Phi) is 6.07. The van der Waals surface area contributed by atoms with Crippen LogP contribution >= 0.6 is 11.6 Å². The molecule has 26 heavy (non-hydrogen) atoms. The van der Waals surface area contributed by atoms with Gasteiger partial charge in [0.05, 0.1) is 28.3 Å². The highest BCUT2D eigenvalue weighted by Gasteiger charge is 2.20. The van der Waals surface area contributed by atoms with Crippen LogP contribution in [0.1, 0.15) is 10.4 Å². The lowest BCUT2D eigenvalue weighted by molar-refractivity contribution is -0.385. The van der Waals surface area contributed by atoms with Crippen molar-refractivity contribution in [3.63, 3.8) is 0 Å². The molecule has 0 saturated carbocycles. The van der Waals surface area contributed by atoms with Gasteiger partial charge in [-0.25, -0.2) is 9.18 Å². The van der Waals surface area contributed by atoms with Crippen LogP contribution in [0.25, 0.3) is 0 Å². The van der Waals surface area contributed by atoms with Crippen LogP contribution in [0.3, 0.4) is 0 Å². The zero-order chi connectivity index (χ0) is 19.3. The van der Waals surface area contributed by atoms with Gasteiger partial charge in [0.25, 0.3) is 5.91 Å². The van der Waals surface area contributed by atoms with Gasteiger partial charge < -0.3 is 14.8 Å². The molecule has 2 aromatic carbocycles. The molecule has 0 radical (unpaired) electrons. The summed E-state index contributed by atoms with van der Waals surface area (Å²) >= 11 is 5.79. The highest BCUT2D eigenvalue weighted by Crippen LogP contribution is 2.28. The second-order valence-corrected chi connectivity index (χ2v) is 5.30. The van der Waals surface area contributed by atoms with Gasteiger partial charge in [0.1, 0.15) is 5.82 Å². The number of amides is 1. The molecular formula is C16H12ClFN2O6. The monoisotopic (exact) mass is 382 g/mol. The van der Waals surface area contributed by atoms with Crippen molar-refractivity contribution < 1.29 is 28.4 Å². The van der Waals surface area contributed by atoms with Crippen molar-refractivity contribution in [2.75, 3.05) is 19.0 Å². The predicted molar refractivity (Wildman–Crippen MR) is 90.0 cm³/mol. The maximum absolute atomic E-state index is 13.0. The first-order chi connectivity index (χ1) is 12.3. The van der Waals surface area contributed by atoms with Crippen molar-refractivity contribution in [1.82, 2.24) is 0 Å². The van der Waals surface area contributed by atoms with E-state index in [1.54, 1.807) is 0 Å². The number of methoxy groups -OCH3 is 1. The fourth-order valence-electron chi connectivity index (χ4n) is 1.95. The van der Waals surface area contributed by atoms with Crippen molar-refractivity contribution in [3.05, 3.63) is 62.9 Å². The molecule has 136 valence electrons. The maximum Gasteiger partial charge on any atom is 0.338 e. The SMILES string of the molecule is COC(=O)c1ccc(OCC(=O)Nc2ccc(F)cc2Cl)c([N+](=O)[O-])c1. The summed E-state index contributed by atoms with van der Waals surface area (Å²) in [6.45, 7) is -0.563.